The van der Waals surface area contributed by atoms with E-state index in [1.165, 1.54) is 32.7 Å². The van der Waals surface area contributed by atoms with Crippen LogP contribution in [0.25, 0.3) is 10.2 Å². The zero-order chi connectivity index (χ0) is 24.2. The van der Waals surface area contributed by atoms with Crippen LogP contribution in [0.4, 0.5) is 5.13 Å². The van der Waals surface area contributed by atoms with Crippen LogP contribution in [-0.2, 0) is 6.54 Å². The molecule has 0 aliphatic rings. The molecule has 0 radical (unpaired) electrons. The van der Waals surface area contributed by atoms with Gasteiger partial charge in [-0.2, -0.15) is 0 Å². The van der Waals surface area contributed by atoms with Crippen molar-refractivity contribution < 1.29 is 19.0 Å². The van der Waals surface area contributed by atoms with Gasteiger partial charge < -0.3 is 18.8 Å². The van der Waals surface area contributed by atoms with E-state index in [1.807, 2.05) is 17.7 Å². The number of carbonyl (C=O) groups excluding carboxylic acids is 1. The number of nitrogens with zero attached hydrogens (tertiary/aromatic N) is 4. The Balaban J connectivity index is 1.74. The summed E-state index contributed by atoms with van der Waals surface area (Å²) in [6, 6.07) is 7.50. The van der Waals surface area contributed by atoms with Gasteiger partial charge in [0.1, 0.15) is 0 Å². The number of methoxy groups -OCH3 is 3. The second-order valence-corrected chi connectivity index (χ2v) is 8.88. The van der Waals surface area contributed by atoms with Crippen molar-refractivity contribution in [3.05, 3.63) is 59.7 Å². The minimum absolute atomic E-state index is 0.181. The van der Waals surface area contributed by atoms with E-state index in [4.69, 9.17) is 19.2 Å². The Hall–Kier alpha value is -3.59. The van der Waals surface area contributed by atoms with Gasteiger partial charge in [-0.1, -0.05) is 23.5 Å². The fourth-order valence-electron chi connectivity index (χ4n) is 3.84. The van der Waals surface area contributed by atoms with E-state index in [0.717, 1.165) is 34.3 Å². The third-order valence-corrected chi connectivity index (χ3v) is 6.89. The first kappa shape index (κ1) is 23.6. The molecule has 8 nitrogen and oxygen atoms in total. The zero-order valence-corrected chi connectivity index (χ0v) is 20.8. The van der Waals surface area contributed by atoms with Gasteiger partial charge in [0.2, 0.25) is 5.75 Å². The molecule has 2 aromatic heterocycles. The summed E-state index contributed by atoms with van der Waals surface area (Å²) >= 11 is 1.53. The number of amides is 1. The highest BCUT2D eigenvalue weighted by atomic mass is 32.1. The van der Waals surface area contributed by atoms with Gasteiger partial charge in [-0.05, 0) is 43.5 Å². The second kappa shape index (κ2) is 10.1. The molecule has 0 saturated heterocycles. The van der Waals surface area contributed by atoms with E-state index in [-0.39, 0.29) is 5.91 Å². The highest BCUT2D eigenvalue weighted by molar-refractivity contribution is 7.22. The van der Waals surface area contributed by atoms with Gasteiger partial charge in [0, 0.05) is 31.0 Å². The number of hydrogen-bond acceptors (Lipinski definition) is 7. The lowest BCUT2D eigenvalue weighted by atomic mass is 10.1. The summed E-state index contributed by atoms with van der Waals surface area (Å²) in [5, 5.41) is 0.664. The highest BCUT2D eigenvalue weighted by Gasteiger charge is 2.25. The number of aromatic nitrogens is 3. The van der Waals surface area contributed by atoms with Crippen LogP contribution in [-0.4, -0.2) is 48.3 Å². The summed E-state index contributed by atoms with van der Waals surface area (Å²) in [5.74, 6) is 1.12. The Morgan fingerprint density at radius 1 is 1.06 bits per heavy atom. The summed E-state index contributed by atoms with van der Waals surface area (Å²) in [7, 11) is 4.61. The molecule has 0 N–H and O–H groups in total. The molecule has 34 heavy (non-hydrogen) atoms. The molecular weight excluding hydrogens is 452 g/mol. The van der Waals surface area contributed by atoms with Crippen molar-refractivity contribution in [1.82, 2.24) is 14.5 Å². The second-order valence-electron chi connectivity index (χ2n) is 7.90. The van der Waals surface area contributed by atoms with E-state index in [2.05, 4.69) is 24.0 Å². The largest absolute Gasteiger partial charge is 0.493 e. The number of aryl methyl sites for hydroxylation is 3. The summed E-state index contributed by atoms with van der Waals surface area (Å²) < 4.78 is 19.4. The fourth-order valence-corrected chi connectivity index (χ4v) is 4.97. The van der Waals surface area contributed by atoms with Crippen LogP contribution in [0.1, 0.15) is 27.9 Å². The predicted octanol–water partition coefficient (Wildman–Crippen LogP) is 4.87. The Kier molecular flexibility index (Phi) is 7.02. The van der Waals surface area contributed by atoms with Crippen LogP contribution < -0.4 is 19.1 Å². The van der Waals surface area contributed by atoms with Crippen molar-refractivity contribution in [1.29, 1.82) is 0 Å². The maximum absolute atomic E-state index is 13.8. The maximum atomic E-state index is 13.8. The van der Waals surface area contributed by atoms with Crippen molar-refractivity contribution >= 4 is 32.6 Å². The number of rotatable bonds is 9. The molecule has 0 aliphatic carbocycles. The highest BCUT2D eigenvalue weighted by Crippen LogP contribution is 2.39. The quantitative estimate of drug-likeness (QED) is 0.340. The van der Waals surface area contributed by atoms with Gasteiger partial charge in [-0.15, -0.1) is 0 Å². The number of thiazole rings is 1. The van der Waals surface area contributed by atoms with Gasteiger partial charge in [0.05, 0.1) is 37.9 Å². The molecule has 0 fully saturated rings. The predicted molar refractivity (Wildman–Crippen MR) is 134 cm³/mol. The Morgan fingerprint density at radius 2 is 1.76 bits per heavy atom. The van der Waals surface area contributed by atoms with Gasteiger partial charge in [-0.3, -0.25) is 9.69 Å². The van der Waals surface area contributed by atoms with Gasteiger partial charge in [0.25, 0.3) is 5.91 Å². The number of hydrogen-bond donors (Lipinski definition) is 0. The summed E-state index contributed by atoms with van der Waals surface area (Å²) in [6.45, 7) is 5.33. The molecule has 1 amide bonds. The maximum Gasteiger partial charge on any atom is 0.260 e. The number of ether oxygens (including phenoxy) is 3. The Morgan fingerprint density at radius 3 is 2.35 bits per heavy atom. The van der Waals surface area contributed by atoms with E-state index >= 15 is 0 Å². The van der Waals surface area contributed by atoms with Crippen molar-refractivity contribution in [3.8, 4) is 17.2 Å². The van der Waals surface area contributed by atoms with Gasteiger partial charge in [0.15, 0.2) is 16.6 Å². The molecule has 2 heterocycles. The number of anilines is 1. The molecule has 0 saturated carbocycles. The first-order chi connectivity index (χ1) is 16.5. The molecule has 0 atom stereocenters. The summed E-state index contributed by atoms with van der Waals surface area (Å²) in [6.07, 6.45) is 6.17. The van der Waals surface area contributed by atoms with Crippen LogP contribution in [0, 0.1) is 13.8 Å². The standard InChI is InChI=1S/C25H28N4O4S/c1-16-7-8-17(2)23-21(16)27-25(34-23)29(11-6-10-28-12-9-26-15-28)24(30)18-13-19(31-3)22(33-5)20(14-18)32-4/h7-9,12-15H,6,10-11H2,1-5H3. The fraction of sp³-hybridized carbons (Fsp3) is 0.320. The molecular formula is C25H28N4O4S. The lowest BCUT2D eigenvalue weighted by molar-refractivity contribution is 0.0985. The molecule has 4 rings (SSSR count). The minimum atomic E-state index is -0.181. The number of benzene rings is 2. The molecule has 178 valence electrons. The van der Waals surface area contributed by atoms with Crippen LogP contribution in [0.15, 0.2) is 43.0 Å². The molecule has 0 unspecified atom stereocenters. The van der Waals surface area contributed by atoms with E-state index in [0.29, 0.717) is 34.5 Å². The molecule has 0 bridgehead atoms. The van der Waals surface area contributed by atoms with Gasteiger partial charge >= 0.3 is 0 Å². The topological polar surface area (TPSA) is 78.7 Å². The first-order valence-electron chi connectivity index (χ1n) is 10.9. The van der Waals surface area contributed by atoms with E-state index in [9.17, 15) is 4.79 Å². The van der Waals surface area contributed by atoms with E-state index < -0.39 is 0 Å². The smallest absolute Gasteiger partial charge is 0.260 e. The van der Waals surface area contributed by atoms with Crippen molar-refractivity contribution in [3.63, 3.8) is 0 Å². The lowest BCUT2D eigenvalue weighted by Crippen LogP contribution is -2.32. The van der Waals surface area contributed by atoms with Crippen LogP contribution in [0.2, 0.25) is 0 Å². The average molecular weight is 481 g/mol. The van der Waals surface area contributed by atoms with Crippen LogP contribution in [0.5, 0.6) is 17.2 Å². The minimum Gasteiger partial charge on any atom is -0.493 e. The SMILES string of the molecule is COc1cc(C(=O)N(CCCn2ccnc2)c2nc3c(C)ccc(C)c3s2)cc(OC)c1OC. The number of carbonyl (C=O) groups is 1. The van der Waals surface area contributed by atoms with Crippen molar-refractivity contribution in [2.45, 2.75) is 26.8 Å². The zero-order valence-electron chi connectivity index (χ0n) is 20.0. The van der Waals surface area contributed by atoms with Crippen molar-refractivity contribution in [2.75, 3.05) is 32.8 Å². The van der Waals surface area contributed by atoms with E-state index in [1.54, 1.807) is 29.6 Å². The molecule has 9 heteroatoms. The lowest BCUT2D eigenvalue weighted by Gasteiger charge is -2.21. The third kappa shape index (κ3) is 4.56. The Bertz CT molecular complexity index is 1240. The molecule has 2 aromatic carbocycles. The molecule has 0 aliphatic heterocycles. The third-order valence-electron chi connectivity index (χ3n) is 5.68. The average Bonchev–Trinajstić information content (AvgIpc) is 3.53. The summed E-state index contributed by atoms with van der Waals surface area (Å²) in [5.41, 5.74) is 3.59. The number of imidazole rings is 1. The van der Waals surface area contributed by atoms with Crippen LogP contribution in [0.3, 0.4) is 0 Å². The normalized spacial score (nSPS) is 11.0. The molecule has 4 aromatic rings. The van der Waals surface area contributed by atoms with Gasteiger partial charge in [-0.25, -0.2) is 9.97 Å². The summed E-state index contributed by atoms with van der Waals surface area (Å²) in [4.78, 5) is 24.5. The first-order valence-corrected chi connectivity index (χ1v) is 11.7. The number of fused-ring (bicyclic) bond motifs is 1. The van der Waals surface area contributed by atoms with Crippen molar-refractivity contribution in [2.24, 2.45) is 0 Å². The monoisotopic (exact) mass is 480 g/mol. The molecule has 0 spiro atoms. The van der Waals surface area contributed by atoms with Crippen LogP contribution >= 0.6 is 11.3 Å². The Labute approximate surface area is 202 Å².